The molecule has 0 aromatic carbocycles. The molecule has 1 N–H and O–H groups in total. The zero-order chi connectivity index (χ0) is 16.0. The third kappa shape index (κ3) is 3.01. The van der Waals surface area contributed by atoms with Gasteiger partial charge in [0.05, 0.1) is 11.8 Å². The van der Waals surface area contributed by atoms with Gasteiger partial charge in [0.15, 0.2) is 0 Å². The molecular formula is C15H17F3N4S. The highest BCUT2D eigenvalue weighted by atomic mass is 32.1. The van der Waals surface area contributed by atoms with E-state index in [-0.39, 0.29) is 0 Å². The van der Waals surface area contributed by atoms with Gasteiger partial charge in [0.2, 0.25) is 0 Å². The van der Waals surface area contributed by atoms with Crippen LogP contribution in [0.15, 0.2) is 12.4 Å². The van der Waals surface area contributed by atoms with E-state index in [0.717, 1.165) is 55.1 Å². The highest BCUT2D eigenvalue weighted by Gasteiger charge is 2.36. The van der Waals surface area contributed by atoms with Gasteiger partial charge in [0.25, 0.3) is 0 Å². The predicted octanol–water partition coefficient (Wildman–Crippen LogP) is 2.84. The van der Waals surface area contributed by atoms with Crippen LogP contribution >= 0.6 is 11.3 Å². The first-order valence-corrected chi connectivity index (χ1v) is 8.57. The summed E-state index contributed by atoms with van der Waals surface area (Å²) in [6.07, 6.45) is -2.48. The lowest BCUT2D eigenvalue weighted by molar-refractivity contribution is -0.126. The maximum Gasteiger partial charge on any atom is 0.393 e. The van der Waals surface area contributed by atoms with Crippen LogP contribution in [-0.4, -0.2) is 42.3 Å². The van der Waals surface area contributed by atoms with E-state index < -0.39 is 12.6 Å². The minimum absolute atomic E-state index is 0.299. The molecule has 0 bridgehead atoms. The summed E-state index contributed by atoms with van der Waals surface area (Å²) in [6.45, 7) is 3.90. The number of halogens is 3. The van der Waals surface area contributed by atoms with Gasteiger partial charge in [-0.3, -0.25) is 0 Å². The summed E-state index contributed by atoms with van der Waals surface area (Å²) >= 11 is 1.11. The van der Waals surface area contributed by atoms with Gasteiger partial charge in [-0.15, -0.1) is 11.3 Å². The van der Waals surface area contributed by atoms with Gasteiger partial charge < -0.3 is 10.2 Å². The molecule has 2 aliphatic rings. The number of hydrogen-bond donors (Lipinski definition) is 1. The summed E-state index contributed by atoms with van der Waals surface area (Å²) in [5.41, 5.74) is 0. The lowest BCUT2D eigenvalue weighted by Gasteiger charge is -2.23. The van der Waals surface area contributed by atoms with Gasteiger partial charge in [0, 0.05) is 18.0 Å². The molecular weight excluding hydrogens is 325 g/mol. The number of piperidine rings is 1. The number of alkyl halides is 3. The fourth-order valence-electron chi connectivity index (χ4n) is 3.67. The van der Waals surface area contributed by atoms with Crippen molar-refractivity contribution in [3.8, 4) is 0 Å². The molecule has 4 heterocycles. The van der Waals surface area contributed by atoms with E-state index >= 15 is 0 Å². The second-order valence-electron chi connectivity index (χ2n) is 6.34. The molecule has 0 amide bonds. The Morgan fingerprint density at radius 2 is 2.09 bits per heavy atom. The molecule has 23 heavy (non-hydrogen) atoms. The summed E-state index contributed by atoms with van der Waals surface area (Å²) in [5.74, 6) is 2.03. The number of hydrogen-bond acceptors (Lipinski definition) is 5. The molecule has 2 atom stereocenters. The van der Waals surface area contributed by atoms with Crippen LogP contribution in [-0.2, 0) is 6.42 Å². The summed E-state index contributed by atoms with van der Waals surface area (Å²) in [5, 5.41) is 4.17. The number of fused-ring (bicyclic) bond motifs is 2. The SMILES string of the molecule is FC(F)(F)Cc1cc2c(N3CC4CCNCC4C3)ncnc2s1. The highest BCUT2D eigenvalue weighted by molar-refractivity contribution is 7.18. The maximum atomic E-state index is 12.6. The van der Waals surface area contributed by atoms with Crippen molar-refractivity contribution in [1.82, 2.24) is 15.3 Å². The van der Waals surface area contributed by atoms with E-state index in [1.54, 1.807) is 6.07 Å². The van der Waals surface area contributed by atoms with Crippen molar-refractivity contribution < 1.29 is 13.2 Å². The van der Waals surface area contributed by atoms with Crippen LogP contribution in [0.1, 0.15) is 11.3 Å². The Balaban J connectivity index is 1.65. The molecule has 2 fully saturated rings. The van der Waals surface area contributed by atoms with E-state index in [1.807, 2.05) is 0 Å². The second kappa shape index (κ2) is 5.59. The number of nitrogens with one attached hydrogen (secondary N) is 1. The molecule has 4 nitrogen and oxygen atoms in total. The van der Waals surface area contributed by atoms with Crippen LogP contribution in [0.2, 0.25) is 0 Å². The summed E-state index contributed by atoms with van der Waals surface area (Å²) < 4.78 is 37.9. The molecule has 8 heteroatoms. The highest BCUT2D eigenvalue weighted by Crippen LogP contribution is 2.37. The predicted molar refractivity (Wildman–Crippen MR) is 83.9 cm³/mol. The van der Waals surface area contributed by atoms with Gasteiger partial charge in [-0.25, -0.2) is 9.97 Å². The standard InChI is InChI=1S/C15H17F3N4S/c16-15(17,18)4-11-3-12-13(20-8-21-14(12)23-11)22-6-9-1-2-19-5-10(9)7-22/h3,8-10,19H,1-2,4-7H2. The van der Waals surface area contributed by atoms with Crippen molar-refractivity contribution in [2.45, 2.75) is 19.0 Å². The molecule has 0 saturated carbocycles. The molecule has 4 rings (SSSR count). The molecule has 0 radical (unpaired) electrons. The fraction of sp³-hybridized carbons (Fsp3) is 0.600. The number of thiophene rings is 1. The fourth-order valence-corrected chi connectivity index (χ4v) is 4.70. The molecule has 0 spiro atoms. The van der Waals surface area contributed by atoms with Crippen LogP contribution in [0.5, 0.6) is 0 Å². The van der Waals surface area contributed by atoms with Gasteiger partial charge in [-0.2, -0.15) is 13.2 Å². The van der Waals surface area contributed by atoms with E-state index in [0.29, 0.717) is 21.5 Å². The van der Waals surface area contributed by atoms with Crippen molar-refractivity contribution in [2.75, 3.05) is 31.1 Å². The van der Waals surface area contributed by atoms with Crippen molar-refractivity contribution in [2.24, 2.45) is 11.8 Å². The van der Waals surface area contributed by atoms with E-state index in [2.05, 4.69) is 20.2 Å². The lowest BCUT2D eigenvalue weighted by Crippen LogP contribution is -2.35. The monoisotopic (exact) mass is 342 g/mol. The van der Waals surface area contributed by atoms with Crippen LogP contribution < -0.4 is 10.2 Å². The van der Waals surface area contributed by atoms with E-state index in [9.17, 15) is 13.2 Å². The third-order valence-corrected chi connectivity index (χ3v) is 5.75. The van der Waals surface area contributed by atoms with Gasteiger partial charge >= 0.3 is 6.18 Å². The van der Waals surface area contributed by atoms with Crippen molar-refractivity contribution in [1.29, 1.82) is 0 Å². The Labute approximate surface area is 135 Å². The Kier molecular flexibility index (Phi) is 3.68. The van der Waals surface area contributed by atoms with Crippen LogP contribution in [0.4, 0.5) is 19.0 Å². The van der Waals surface area contributed by atoms with Crippen molar-refractivity contribution in [3.05, 3.63) is 17.3 Å². The maximum absolute atomic E-state index is 12.6. The van der Waals surface area contributed by atoms with E-state index in [4.69, 9.17) is 0 Å². The molecule has 2 aromatic heterocycles. The minimum atomic E-state index is -4.19. The topological polar surface area (TPSA) is 41.0 Å². The van der Waals surface area contributed by atoms with E-state index in [1.165, 1.54) is 6.33 Å². The Hall–Kier alpha value is -1.41. The minimum Gasteiger partial charge on any atom is -0.355 e. The first-order chi connectivity index (χ1) is 11.0. The normalized spacial score (nSPS) is 25.1. The average molecular weight is 342 g/mol. The summed E-state index contributed by atoms with van der Waals surface area (Å²) in [6, 6.07) is 1.61. The Bertz CT molecular complexity index is 700. The largest absolute Gasteiger partial charge is 0.393 e. The number of rotatable bonds is 2. The van der Waals surface area contributed by atoms with Gasteiger partial charge in [-0.05, 0) is 37.4 Å². The zero-order valence-electron chi connectivity index (χ0n) is 12.4. The molecule has 124 valence electrons. The summed E-state index contributed by atoms with van der Waals surface area (Å²) in [7, 11) is 0. The smallest absolute Gasteiger partial charge is 0.355 e. The number of anilines is 1. The zero-order valence-corrected chi connectivity index (χ0v) is 13.3. The Morgan fingerprint density at radius 3 is 2.87 bits per heavy atom. The average Bonchev–Trinajstić information content (AvgIpc) is 3.07. The number of aromatic nitrogens is 2. The molecule has 2 aliphatic heterocycles. The van der Waals surface area contributed by atoms with Crippen LogP contribution in [0, 0.1) is 11.8 Å². The molecule has 2 saturated heterocycles. The number of nitrogens with zero attached hydrogens (tertiary/aromatic N) is 3. The quantitative estimate of drug-likeness (QED) is 0.911. The second-order valence-corrected chi connectivity index (χ2v) is 7.45. The molecule has 2 unspecified atom stereocenters. The third-order valence-electron chi connectivity index (χ3n) is 4.71. The molecule has 0 aliphatic carbocycles. The van der Waals surface area contributed by atoms with Gasteiger partial charge in [-0.1, -0.05) is 0 Å². The lowest BCUT2D eigenvalue weighted by atomic mass is 9.90. The van der Waals surface area contributed by atoms with Crippen LogP contribution in [0.25, 0.3) is 10.2 Å². The van der Waals surface area contributed by atoms with Crippen LogP contribution in [0.3, 0.4) is 0 Å². The summed E-state index contributed by atoms with van der Waals surface area (Å²) in [4.78, 5) is 11.7. The van der Waals surface area contributed by atoms with Gasteiger partial charge in [0.1, 0.15) is 17.0 Å². The van der Waals surface area contributed by atoms with Crippen molar-refractivity contribution >= 4 is 27.4 Å². The first kappa shape index (κ1) is 15.1. The first-order valence-electron chi connectivity index (χ1n) is 7.75. The van der Waals surface area contributed by atoms with Crippen molar-refractivity contribution in [3.63, 3.8) is 0 Å². The Morgan fingerprint density at radius 1 is 1.26 bits per heavy atom. The molecule has 2 aromatic rings.